The molecule has 1 atom stereocenters. The van der Waals surface area contributed by atoms with Crippen LogP contribution in [0.5, 0.6) is 0 Å². The van der Waals surface area contributed by atoms with Crippen molar-refractivity contribution in [3.05, 3.63) is 149 Å². The number of hydrogen-bond donors (Lipinski definition) is 4. The molecule has 0 fully saturated rings. The first-order valence-corrected chi connectivity index (χ1v) is 13.1. The maximum absolute atomic E-state index is 12.4. The van der Waals surface area contributed by atoms with Crippen molar-refractivity contribution in [1.82, 2.24) is 9.97 Å². The molecule has 3 amide bonds. The second-order valence-electron chi connectivity index (χ2n) is 8.55. The van der Waals surface area contributed by atoms with Crippen molar-refractivity contribution < 1.29 is 14.7 Å². The summed E-state index contributed by atoms with van der Waals surface area (Å²) in [6, 6.07) is 29.6. The number of aliphatic hydroxyl groups is 1. The number of anilines is 3. The van der Waals surface area contributed by atoms with E-state index in [4.69, 9.17) is 23.2 Å². The van der Waals surface area contributed by atoms with E-state index in [0.29, 0.717) is 32.7 Å². The maximum Gasteiger partial charge on any atom is 0.323 e. The summed E-state index contributed by atoms with van der Waals surface area (Å²) in [5.41, 5.74) is 3.58. The molecule has 0 aliphatic heterocycles. The fraction of sp³-hybridized carbons (Fsp3) is 0.0323. The van der Waals surface area contributed by atoms with E-state index < -0.39 is 6.10 Å². The van der Waals surface area contributed by atoms with Crippen molar-refractivity contribution in [1.29, 1.82) is 0 Å². The summed E-state index contributed by atoms with van der Waals surface area (Å²) in [6.07, 6.45) is 3.74. The molecule has 4 N–H and O–H groups in total. The zero-order valence-corrected chi connectivity index (χ0v) is 23.1. The molecule has 2 aromatic heterocycles. The molecule has 0 bridgehead atoms. The van der Waals surface area contributed by atoms with E-state index in [0.717, 1.165) is 11.3 Å². The quantitative estimate of drug-likeness (QED) is 0.154. The van der Waals surface area contributed by atoms with E-state index >= 15 is 0 Å². The molecule has 0 aliphatic carbocycles. The number of aromatic nitrogens is 2. The zero-order valence-electron chi connectivity index (χ0n) is 21.5. The van der Waals surface area contributed by atoms with Gasteiger partial charge in [-0.3, -0.25) is 9.78 Å². The van der Waals surface area contributed by atoms with Gasteiger partial charge in [-0.2, -0.15) is 0 Å². The molecular formula is C31H25Cl2N5O3. The van der Waals surface area contributed by atoms with Gasteiger partial charge in [-0.25, -0.2) is 9.78 Å². The van der Waals surface area contributed by atoms with Crippen LogP contribution in [0.25, 0.3) is 0 Å². The molecule has 5 rings (SSSR count). The Morgan fingerprint density at radius 3 is 2.05 bits per heavy atom. The van der Waals surface area contributed by atoms with Gasteiger partial charge >= 0.3 is 6.03 Å². The number of para-hydroxylation sites is 1. The van der Waals surface area contributed by atoms with Gasteiger partial charge in [0.15, 0.2) is 0 Å². The van der Waals surface area contributed by atoms with E-state index in [-0.39, 0.29) is 11.9 Å². The van der Waals surface area contributed by atoms with Crippen LogP contribution in [0.3, 0.4) is 0 Å². The Morgan fingerprint density at radius 2 is 1.37 bits per heavy atom. The molecule has 5 aromatic rings. The molecule has 3 aromatic carbocycles. The standard InChI is InChI=1S/C19H15ClN2O2.C12H10ClN3O/c20-15-6-7-17(22-19(24)14-8-10-21-11-9-14)16(12-15)18(23)13-4-2-1-3-5-13;13-11-8-10(6-7-14-11)16-12(17)15-9-4-2-1-3-5-9/h1-12,18,23H,(H,22,24);1-8H,(H2,14,15,16,17). The number of pyridine rings is 2. The van der Waals surface area contributed by atoms with Crippen LogP contribution in [0.1, 0.15) is 27.6 Å². The first kappa shape index (κ1) is 29.2. The van der Waals surface area contributed by atoms with Gasteiger partial charge in [-0.1, -0.05) is 71.7 Å². The highest BCUT2D eigenvalue weighted by molar-refractivity contribution is 6.30. The molecule has 0 saturated heterocycles. The van der Waals surface area contributed by atoms with Gasteiger partial charge < -0.3 is 21.1 Å². The number of nitrogens with one attached hydrogen (secondary N) is 3. The summed E-state index contributed by atoms with van der Waals surface area (Å²) in [6.45, 7) is 0. The zero-order chi connectivity index (χ0) is 29.0. The number of carbonyl (C=O) groups excluding carboxylic acids is 2. The Labute approximate surface area is 247 Å². The third kappa shape index (κ3) is 8.87. The van der Waals surface area contributed by atoms with Crippen LogP contribution in [-0.2, 0) is 0 Å². The fourth-order valence-electron chi connectivity index (χ4n) is 3.68. The van der Waals surface area contributed by atoms with E-state index in [9.17, 15) is 14.7 Å². The monoisotopic (exact) mass is 585 g/mol. The lowest BCUT2D eigenvalue weighted by molar-refractivity contribution is 0.102. The molecule has 206 valence electrons. The van der Waals surface area contributed by atoms with Crippen LogP contribution < -0.4 is 16.0 Å². The minimum Gasteiger partial charge on any atom is -0.384 e. The SMILES string of the molecule is O=C(Nc1ccc(Cl)cc1C(O)c1ccccc1)c1ccncc1.O=C(Nc1ccccc1)Nc1ccnc(Cl)c1. The predicted octanol–water partition coefficient (Wildman–Crippen LogP) is 7.45. The minimum atomic E-state index is -0.891. The van der Waals surface area contributed by atoms with Gasteiger partial charge in [0.25, 0.3) is 5.91 Å². The smallest absolute Gasteiger partial charge is 0.323 e. The number of halogens is 2. The normalized spacial score (nSPS) is 10.9. The van der Waals surface area contributed by atoms with Gasteiger partial charge in [-0.05, 0) is 60.2 Å². The van der Waals surface area contributed by atoms with Gasteiger partial charge in [-0.15, -0.1) is 0 Å². The molecular weight excluding hydrogens is 561 g/mol. The number of urea groups is 1. The Balaban J connectivity index is 0.000000201. The average molecular weight is 586 g/mol. The molecule has 0 radical (unpaired) electrons. The number of hydrogen-bond acceptors (Lipinski definition) is 5. The van der Waals surface area contributed by atoms with Crippen molar-refractivity contribution in [3.8, 4) is 0 Å². The Bertz CT molecular complexity index is 1590. The first-order valence-electron chi connectivity index (χ1n) is 12.4. The summed E-state index contributed by atoms with van der Waals surface area (Å²) in [7, 11) is 0. The first-order chi connectivity index (χ1) is 19.9. The number of carbonyl (C=O) groups is 2. The molecule has 0 spiro atoms. The van der Waals surface area contributed by atoms with Crippen LogP contribution in [0, 0.1) is 0 Å². The lowest BCUT2D eigenvalue weighted by atomic mass is 9.99. The van der Waals surface area contributed by atoms with Crippen molar-refractivity contribution in [2.24, 2.45) is 0 Å². The van der Waals surface area contributed by atoms with Crippen LogP contribution >= 0.6 is 23.2 Å². The Hall–Kier alpha value is -4.76. The number of amides is 3. The molecule has 1 unspecified atom stereocenters. The van der Waals surface area contributed by atoms with Gasteiger partial charge in [0.1, 0.15) is 11.3 Å². The molecule has 10 heteroatoms. The summed E-state index contributed by atoms with van der Waals surface area (Å²) in [4.78, 5) is 31.7. The maximum atomic E-state index is 12.4. The van der Waals surface area contributed by atoms with Crippen LogP contribution in [0.15, 0.2) is 122 Å². The predicted molar refractivity (Wildman–Crippen MR) is 162 cm³/mol. The topological polar surface area (TPSA) is 116 Å². The summed E-state index contributed by atoms with van der Waals surface area (Å²) < 4.78 is 0. The largest absolute Gasteiger partial charge is 0.384 e. The highest BCUT2D eigenvalue weighted by Gasteiger charge is 2.17. The lowest BCUT2D eigenvalue weighted by Crippen LogP contribution is -2.19. The summed E-state index contributed by atoms with van der Waals surface area (Å²) >= 11 is 11.8. The number of nitrogens with zero attached hydrogens (tertiary/aromatic N) is 2. The molecule has 2 heterocycles. The second-order valence-corrected chi connectivity index (χ2v) is 9.37. The van der Waals surface area contributed by atoms with Crippen molar-refractivity contribution in [3.63, 3.8) is 0 Å². The average Bonchev–Trinajstić information content (AvgIpc) is 2.99. The lowest BCUT2D eigenvalue weighted by Gasteiger charge is -2.17. The van der Waals surface area contributed by atoms with E-state index in [1.165, 1.54) is 6.20 Å². The number of rotatable bonds is 6. The molecule has 0 aliphatic rings. The molecule has 0 saturated carbocycles. The number of benzene rings is 3. The van der Waals surface area contributed by atoms with Crippen molar-refractivity contribution in [2.75, 3.05) is 16.0 Å². The van der Waals surface area contributed by atoms with E-state index in [1.807, 2.05) is 48.5 Å². The highest BCUT2D eigenvalue weighted by atomic mass is 35.5. The summed E-state index contributed by atoms with van der Waals surface area (Å²) in [5.74, 6) is -0.277. The van der Waals surface area contributed by atoms with Gasteiger partial charge in [0.2, 0.25) is 0 Å². The highest BCUT2D eigenvalue weighted by Crippen LogP contribution is 2.31. The van der Waals surface area contributed by atoms with Crippen molar-refractivity contribution >= 4 is 52.2 Å². The summed E-state index contributed by atoms with van der Waals surface area (Å²) in [5, 5.41) is 19.7. The van der Waals surface area contributed by atoms with Gasteiger partial charge in [0.05, 0.1) is 0 Å². The third-order valence-electron chi connectivity index (χ3n) is 5.63. The van der Waals surface area contributed by atoms with Crippen LogP contribution in [-0.4, -0.2) is 27.0 Å². The number of aliphatic hydroxyl groups excluding tert-OH is 1. The third-order valence-corrected chi connectivity index (χ3v) is 6.07. The van der Waals surface area contributed by atoms with Crippen molar-refractivity contribution in [2.45, 2.75) is 6.10 Å². The second kappa shape index (κ2) is 14.6. The van der Waals surface area contributed by atoms with Crippen LogP contribution in [0.4, 0.5) is 21.9 Å². The Kier molecular flexibility index (Phi) is 10.4. The minimum absolute atomic E-state index is 0.277. The molecule has 41 heavy (non-hydrogen) atoms. The molecule has 8 nitrogen and oxygen atoms in total. The van der Waals surface area contributed by atoms with Gasteiger partial charge in [0, 0.05) is 51.8 Å². The van der Waals surface area contributed by atoms with E-state index in [2.05, 4.69) is 25.9 Å². The fourth-order valence-corrected chi connectivity index (χ4v) is 4.04. The van der Waals surface area contributed by atoms with Crippen LogP contribution in [0.2, 0.25) is 10.2 Å². The van der Waals surface area contributed by atoms with E-state index in [1.54, 1.807) is 67.0 Å². The Morgan fingerprint density at radius 1 is 0.707 bits per heavy atom.